The van der Waals surface area contributed by atoms with Crippen molar-refractivity contribution in [3.63, 3.8) is 0 Å². The molecule has 2 aromatic carbocycles. The number of aryl methyl sites for hydroxylation is 1. The van der Waals surface area contributed by atoms with E-state index in [1.807, 2.05) is 25.1 Å². The van der Waals surface area contributed by atoms with Crippen molar-refractivity contribution >= 4 is 40.0 Å². The van der Waals surface area contributed by atoms with Gasteiger partial charge in [-0.1, -0.05) is 35.5 Å². The number of rotatable bonds is 2. The van der Waals surface area contributed by atoms with Crippen molar-refractivity contribution in [2.45, 2.75) is 12.1 Å². The van der Waals surface area contributed by atoms with E-state index in [1.54, 1.807) is 28.9 Å². The van der Waals surface area contributed by atoms with Gasteiger partial charge in [0.2, 0.25) is 5.16 Å². The minimum absolute atomic E-state index is 0.126. The van der Waals surface area contributed by atoms with Gasteiger partial charge in [0.1, 0.15) is 11.4 Å². The number of para-hydroxylation sites is 1. The average molecular weight is 409 g/mol. The van der Waals surface area contributed by atoms with E-state index in [-0.39, 0.29) is 5.75 Å². The lowest BCUT2D eigenvalue weighted by molar-refractivity contribution is 0.476. The first-order valence-electron chi connectivity index (χ1n) is 8.49. The van der Waals surface area contributed by atoms with Crippen LogP contribution in [-0.4, -0.2) is 41.6 Å². The Morgan fingerprint density at radius 1 is 1.07 bits per heavy atom. The topological polar surface area (TPSA) is 89.1 Å². The summed E-state index contributed by atoms with van der Waals surface area (Å²) in [5, 5.41) is 34.3. The van der Waals surface area contributed by atoms with Crippen molar-refractivity contribution in [3.05, 3.63) is 58.7 Å². The van der Waals surface area contributed by atoms with Crippen LogP contribution < -0.4 is 0 Å². The molecule has 7 nitrogen and oxygen atoms in total. The van der Waals surface area contributed by atoms with Crippen LogP contribution in [0.15, 0.2) is 52.7 Å². The van der Waals surface area contributed by atoms with E-state index in [0.29, 0.717) is 33.0 Å². The predicted octanol–water partition coefficient (Wildman–Crippen LogP) is 3.91. The molecule has 0 saturated heterocycles. The van der Waals surface area contributed by atoms with Crippen LogP contribution in [0.2, 0.25) is 5.02 Å². The third-order valence-corrected chi connectivity index (χ3v) is 5.73. The quantitative estimate of drug-likeness (QED) is 0.540. The van der Waals surface area contributed by atoms with Crippen molar-refractivity contribution in [3.8, 4) is 17.1 Å². The minimum Gasteiger partial charge on any atom is -0.507 e. The Morgan fingerprint density at radius 2 is 1.93 bits per heavy atom. The summed E-state index contributed by atoms with van der Waals surface area (Å²) in [6.45, 7) is 1.99. The third kappa shape index (κ3) is 2.73. The molecule has 0 bridgehead atoms. The van der Waals surface area contributed by atoms with Crippen LogP contribution in [0.5, 0.6) is 5.75 Å². The Balaban J connectivity index is 1.66. The summed E-state index contributed by atoms with van der Waals surface area (Å²) < 4.78 is 1.64. The molecule has 5 rings (SSSR count). The van der Waals surface area contributed by atoms with Crippen LogP contribution in [0, 0.1) is 6.92 Å². The highest BCUT2D eigenvalue weighted by Gasteiger charge is 2.24. The van der Waals surface area contributed by atoms with E-state index >= 15 is 0 Å². The van der Waals surface area contributed by atoms with Crippen LogP contribution in [0.4, 0.5) is 0 Å². The zero-order valence-corrected chi connectivity index (χ0v) is 16.2. The average Bonchev–Trinajstić information content (AvgIpc) is 3.12. The monoisotopic (exact) mass is 408 g/mol. The van der Waals surface area contributed by atoms with Crippen molar-refractivity contribution in [2.75, 3.05) is 5.75 Å². The number of nitrogens with zero attached hydrogens (tertiary/aromatic N) is 6. The van der Waals surface area contributed by atoms with E-state index in [0.717, 1.165) is 22.2 Å². The van der Waals surface area contributed by atoms with Crippen molar-refractivity contribution in [2.24, 2.45) is 5.10 Å². The highest BCUT2D eigenvalue weighted by molar-refractivity contribution is 7.99. The van der Waals surface area contributed by atoms with Gasteiger partial charge >= 0.3 is 0 Å². The van der Waals surface area contributed by atoms with E-state index in [4.69, 9.17) is 16.7 Å². The lowest BCUT2D eigenvalue weighted by Crippen LogP contribution is -2.17. The van der Waals surface area contributed by atoms with Gasteiger partial charge in [-0.25, -0.2) is 0 Å². The Morgan fingerprint density at radius 3 is 2.79 bits per heavy atom. The molecule has 3 heterocycles. The van der Waals surface area contributed by atoms with E-state index in [9.17, 15) is 5.11 Å². The SMILES string of the molecule is Cc1c(C2=Nn3c(nnc3-c3ccccc3O)SC2)nnc2ccc(Cl)cc12. The molecule has 28 heavy (non-hydrogen) atoms. The zero-order chi connectivity index (χ0) is 19.3. The summed E-state index contributed by atoms with van der Waals surface area (Å²) in [6.07, 6.45) is 0. The highest BCUT2D eigenvalue weighted by atomic mass is 35.5. The maximum atomic E-state index is 10.2. The Bertz CT molecular complexity index is 1270. The molecule has 0 unspecified atom stereocenters. The summed E-state index contributed by atoms with van der Waals surface area (Å²) in [7, 11) is 0. The molecule has 0 fully saturated rings. The summed E-state index contributed by atoms with van der Waals surface area (Å²) in [5.41, 5.74) is 3.80. The molecule has 0 radical (unpaired) electrons. The maximum Gasteiger partial charge on any atom is 0.212 e. The Hall–Kier alpha value is -2.97. The van der Waals surface area contributed by atoms with Crippen LogP contribution in [0.1, 0.15) is 11.3 Å². The van der Waals surface area contributed by atoms with Gasteiger partial charge in [0.25, 0.3) is 0 Å². The number of halogens is 1. The number of aromatic nitrogens is 5. The second-order valence-corrected chi connectivity index (χ2v) is 7.68. The molecular formula is C19H13ClN6OS. The van der Waals surface area contributed by atoms with Crippen LogP contribution >= 0.6 is 23.4 Å². The van der Waals surface area contributed by atoms with E-state index in [1.165, 1.54) is 11.8 Å². The highest BCUT2D eigenvalue weighted by Crippen LogP contribution is 2.33. The molecule has 1 N–H and O–H groups in total. The molecule has 0 spiro atoms. The molecule has 1 aliphatic heterocycles. The number of hydrogen-bond acceptors (Lipinski definition) is 7. The normalized spacial score (nSPS) is 13.4. The minimum atomic E-state index is 0.126. The largest absolute Gasteiger partial charge is 0.507 e. The molecule has 0 amide bonds. The summed E-state index contributed by atoms with van der Waals surface area (Å²) in [4.78, 5) is 0. The van der Waals surface area contributed by atoms with Crippen molar-refractivity contribution in [1.82, 2.24) is 25.1 Å². The number of phenols is 1. The van der Waals surface area contributed by atoms with Gasteiger partial charge in [0.05, 0.1) is 16.8 Å². The smallest absolute Gasteiger partial charge is 0.212 e. The summed E-state index contributed by atoms with van der Waals surface area (Å²) >= 11 is 7.67. The van der Waals surface area contributed by atoms with E-state index < -0.39 is 0 Å². The van der Waals surface area contributed by atoms with Gasteiger partial charge in [0.15, 0.2) is 5.82 Å². The number of thioether (sulfide) groups is 1. The van der Waals surface area contributed by atoms with Crippen LogP contribution in [0.3, 0.4) is 0 Å². The number of aromatic hydroxyl groups is 1. The zero-order valence-electron chi connectivity index (χ0n) is 14.7. The number of hydrogen-bond donors (Lipinski definition) is 1. The third-order valence-electron chi connectivity index (χ3n) is 4.56. The van der Waals surface area contributed by atoms with Gasteiger partial charge in [-0.05, 0) is 42.8 Å². The lowest BCUT2D eigenvalue weighted by atomic mass is 10.1. The number of fused-ring (bicyclic) bond motifs is 2. The number of phenolic OH excluding ortho intramolecular Hbond substituents is 1. The molecule has 0 saturated carbocycles. The summed E-state index contributed by atoms with van der Waals surface area (Å²) in [5.74, 6) is 1.20. The van der Waals surface area contributed by atoms with Crippen LogP contribution in [-0.2, 0) is 0 Å². The van der Waals surface area contributed by atoms with Gasteiger partial charge in [-0.3, -0.25) is 0 Å². The van der Waals surface area contributed by atoms with Crippen molar-refractivity contribution < 1.29 is 5.11 Å². The fraction of sp³-hybridized carbons (Fsp3) is 0.105. The lowest BCUT2D eigenvalue weighted by Gasteiger charge is -2.15. The molecule has 9 heteroatoms. The maximum absolute atomic E-state index is 10.2. The fourth-order valence-corrected chi connectivity index (χ4v) is 4.13. The molecule has 0 atom stereocenters. The molecule has 1 aliphatic rings. The second kappa shape index (κ2) is 6.57. The standard InChI is InChI=1S/C19H13ClN6OS/c1-10-13-8-11(20)6-7-14(13)21-22-17(10)15-9-28-19-24-23-18(26(19)25-15)12-4-2-3-5-16(12)27/h2-8,27H,9H2,1H3. The van der Waals surface area contributed by atoms with Gasteiger partial charge < -0.3 is 5.11 Å². The molecule has 0 aliphatic carbocycles. The van der Waals surface area contributed by atoms with Gasteiger partial charge in [0, 0.05) is 16.2 Å². The van der Waals surface area contributed by atoms with Gasteiger partial charge in [-0.2, -0.15) is 9.78 Å². The predicted molar refractivity (Wildman–Crippen MR) is 109 cm³/mol. The molecule has 4 aromatic rings. The Labute approximate surface area is 169 Å². The molecule has 138 valence electrons. The molecule has 2 aromatic heterocycles. The van der Waals surface area contributed by atoms with Crippen LogP contribution in [0.25, 0.3) is 22.3 Å². The Kier molecular flexibility index (Phi) is 4.03. The van der Waals surface area contributed by atoms with Crippen molar-refractivity contribution in [1.29, 1.82) is 0 Å². The van der Waals surface area contributed by atoms with Gasteiger partial charge in [-0.15, -0.1) is 20.4 Å². The second-order valence-electron chi connectivity index (χ2n) is 6.31. The first kappa shape index (κ1) is 17.2. The number of benzene rings is 2. The van der Waals surface area contributed by atoms with E-state index in [2.05, 4.69) is 20.4 Å². The summed E-state index contributed by atoms with van der Waals surface area (Å²) in [6, 6.07) is 12.5. The fourth-order valence-electron chi connectivity index (χ4n) is 3.15. The first-order chi connectivity index (χ1) is 13.6. The molecular weight excluding hydrogens is 396 g/mol. The first-order valence-corrected chi connectivity index (χ1v) is 9.85.